The second kappa shape index (κ2) is 10.8. The van der Waals surface area contributed by atoms with E-state index in [0.717, 1.165) is 4.90 Å². The average Bonchev–Trinajstić information content (AvgIpc) is 3.37. The van der Waals surface area contributed by atoms with Gasteiger partial charge in [0.05, 0.1) is 30.4 Å². The molecule has 0 saturated heterocycles. The molecule has 0 unspecified atom stereocenters. The molecule has 32 heavy (non-hydrogen) atoms. The number of aldehydes is 1. The van der Waals surface area contributed by atoms with Crippen LogP contribution in [-0.2, 0) is 39.1 Å². The standard InChI is InChI=1S/C20H30N8O4/c1-11(21)19(31)28(15(8-29)6-17-12(2)25-10-27(17)4)20(32)13(3)26-18(30)16(22)5-14-7-23-9-24-14/h7-11,13,15-16H,5-6,21-22H2,1-4H3,(H,23,24)(H,26,30)/t11-,13-,15-,16-/m0/s1. The minimum absolute atomic E-state index is 0.0655. The van der Waals surface area contributed by atoms with Crippen molar-refractivity contribution in [2.45, 2.75) is 57.8 Å². The Labute approximate surface area is 185 Å². The van der Waals surface area contributed by atoms with Crippen molar-refractivity contribution in [2.75, 3.05) is 0 Å². The summed E-state index contributed by atoms with van der Waals surface area (Å²) < 4.78 is 1.71. The van der Waals surface area contributed by atoms with Gasteiger partial charge in [-0.3, -0.25) is 19.3 Å². The van der Waals surface area contributed by atoms with Crippen LogP contribution >= 0.6 is 0 Å². The Hall–Kier alpha value is -3.38. The second-order valence-corrected chi connectivity index (χ2v) is 7.75. The first kappa shape index (κ1) is 24.9. The molecule has 2 aromatic rings. The maximum Gasteiger partial charge on any atom is 0.252 e. The normalized spacial score (nSPS) is 14.8. The molecule has 0 radical (unpaired) electrons. The topological polar surface area (TPSA) is 182 Å². The number of amides is 3. The Balaban J connectivity index is 2.19. The number of nitrogens with two attached hydrogens (primary N) is 2. The van der Waals surface area contributed by atoms with Gasteiger partial charge in [0.1, 0.15) is 18.4 Å². The van der Waals surface area contributed by atoms with E-state index in [1.807, 2.05) is 0 Å². The zero-order chi connectivity index (χ0) is 24.0. The number of nitrogens with one attached hydrogen (secondary N) is 2. The molecule has 0 spiro atoms. The Morgan fingerprint density at radius 2 is 1.94 bits per heavy atom. The lowest BCUT2D eigenvalue weighted by molar-refractivity contribution is -0.152. The molecule has 2 rings (SSSR count). The highest BCUT2D eigenvalue weighted by Crippen LogP contribution is 2.14. The van der Waals surface area contributed by atoms with Crippen LogP contribution in [0.1, 0.15) is 30.9 Å². The van der Waals surface area contributed by atoms with E-state index < -0.39 is 41.9 Å². The summed E-state index contributed by atoms with van der Waals surface area (Å²) in [4.78, 5) is 62.0. The van der Waals surface area contributed by atoms with E-state index in [-0.39, 0.29) is 12.8 Å². The molecule has 12 nitrogen and oxygen atoms in total. The number of carbonyl (C=O) groups excluding carboxylic acids is 4. The summed E-state index contributed by atoms with van der Waals surface area (Å²) in [7, 11) is 1.75. The molecule has 0 aromatic carbocycles. The van der Waals surface area contributed by atoms with E-state index in [4.69, 9.17) is 11.5 Å². The Morgan fingerprint density at radius 1 is 1.25 bits per heavy atom. The number of nitrogens with zero attached hydrogens (tertiary/aromatic N) is 4. The third kappa shape index (κ3) is 5.86. The highest BCUT2D eigenvalue weighted by molar-refractivity contribution is 6.03. The van der Waals surface area contributed by atoms with Gasteiger partial charge in [-0.2, -0.15) is 0 Å². The Kier molecular flexibility index (Phi) is 8.38. The third-order valence-electron chi connectivity index (χ3n) is 5.08. The molecular formula is C20H30N8O4. The number of hydrogen-bond donors (Lipinski definition) is 4. The summed E-state index contributed by atoms with van der Waals surface area (Å²) in [5, 5.41) is 2.51. The van der Waals surface area contributed by atoms with Crippen molar-refractivity contribution in [2.24, 2.45) is 18.5 Å². The molecule has 12 heteroatoms. The van der Waals surface area contributed by atoms with E-state index in [1.165, 1.54) is 20.2 Å². The summed E-state index contributed by atoms with van der Waals surface area (Å²) in [5.41, 5.74) is 13.7. The zero-order valence-electron chi connectivity index (χ0n) is 18.6. The summed E-state index contributed by atoms with van der Waals surface area (Å²) in [6, 6.07) is -4.21. The smallest absolute Gasteiger partial charge is 0.252 e. The molecule has 174 valence electrons. The highest BCUT2D eigenvalue weighted by Gasteiger charge is 2.35. The number of rotatable bonds is 10. The monoisotopic (exact) mass is 446 g/mol. The van der Waals surface area contributed by atoms with E-state index in [9.17, 15) is 19.2 Å². The van der Waals surface area contributed by atoms with E-state index >= 15 is 0 Å². The lowest BCUT2D eigenvalue weighted by Crippen LogP contribution is -2.58. The molecule has 0 aliphatic carbocycles. The maximum atomic E-state index is 13.2. The number of aryl methyl sites for hydroxylation is 2. The van der Waals surface area contributed by atoms with Gasteiger partial charge in [0.15, 0.2) is 0 Å². The number of H-pyrrole nitrogens is 1. The molecule has 0 bridgehead atoms. The first-order valence-electron chi connectivity index (χ1n) is 10.1. The first-order chi connectivity index (χ1) is 15.1. The maximum absolute atomic E-state index is 13.2. The Morgan fingerprint density at radius 3 is 2.44 bits per heavy atom. The summed E-state index contributed by atoms with van der Waals surface area (Å²) in [6.07, 6.45) is 5.36. The average molecular weight is 447 g/mol. The predicted octanol–water partition coefficient (Wildman–Crippen LogP) is -1.66. The number of aromatic nitrogens is 4. The number of imide groups is 1. The fourth-order valence-corrected chi connectivity index (χ4v) is 3.23. The quantitative estimate of drug-likeness (QED) is 0.313. The molecule has 0 aliphatic heterocycles. The summed E-state index contributed by atoms with van der Waals surface area (Å²) in [6.45, 7) is 4.60. The fourth-order valence-electron chi connectivity index (χ4n) is 3.23. The minimum Gasteiger partial charge on any atom is -0.348 e. The molecular weight excluding hydrogens is 416 g/mol. The molecule has 6 N–H and O–H groups in total. The van der Waals surface area contributed by atoms with Crippen LogP contribution in [0.4, 0.5) is 0 Å². The number of carbonyl (C=O) groups is 4. The molecule has 0 fully saturated rings. The van der Waals surface area contributed by atoms with Gasteiger partial charge in [-0.25, -0.2) is 9.97 Å². The second-order valence-electron chi connectivity index (χ2n) is 7.75. The van der Waals surface area contributed by atoms with Crippen molar-refractivity contribution in [1.82, 2.24) is 29.7 Å². The van der Waals surface area contributed by atoms with Crippen molar-refractivity contribution in [1.29, 1.82) is 0 Å². The lowest BCUT2D eigenvalue weighted by atomic mass is 10.1. The van der Waals surface area contributed by atoms with Gasteiger partial charge in [-0.15, -0.1) is 0 Å². The van der Waals surface area contributed by atoms with Gasteiger partial charge >= 0.3 is 0 Å². The van der Waals surface area contributed by atoms with Gasteiger partial charge in [-0.05, 0) is 20.8 Å². The zero-order valence-corrected chi connectivity index (χ0v) is 18.6. The molecule has 2 aromatic heterocycles. The number of imidazole rings is 2. The van der Waals surface area contributed by atoms with Gasteiger partial charge in [0, 0.05) is 37.5 Å². The van der Waals surface area contributed by atoms with Gasteiger partial charge in [0.2, 0.25) is 11.8 Å². The fraction of sp³-hybridized carbons (Fsp3) is 0.500. The highest BCUT2D eigenvalue weighted by atomic mass is 16.2. The van der Waals surface area contributed by atoms with Crippen LogP contribution in [0.25, 0.3) is 0 Å². The van der Waals surface area contributed by atoms with Crippen LogP contribution < -0.4 is 16.8 Å². The van der Waals surface area contributed by atoms with Gasteiger partial charge < -0.3 is 31.1 Å². The molecule has 4 atom stereocenters. The Bertz CT molecular complexity index is 933. The lowest BCUT2D eigenvalue weighted by Gasteiger charge is -2.31. The summed E-state index contributed by atoms with van der Waals surface area (Å²) >= 11 is 0. The van der Waals surface area contributed by atoms with Crippen molar-refractivity contribution in [3.05, 3.63) is 35.9 Å². The molecule has 3 amide bonds. The van der Waals surface area contributed by atoms with Crippen molar-refractivity contribution in [3.63, 3.8) is 0 Å². The van der Waals surface area contributed by atoms with E-state index in [0.29, 0.717) is 23.4 Å². The first-order valence-corrected chi connectivity index (χ1v) is 10.1. The van der Waals surface area contributed by atoms with Crippen LogP contribution in [-0.4, -0.2) is 72.6 Å². The van der Waals surface area contributed by atoms with Crippen molar-refractivity contribution >= 4 is 24.0 Å². The molecule has 0 saturated carbocycles. The van der Waals surface area contributed by atoms with Crippen LogP contribution in [0.5, 0.6) is 0 Å². The van der Waals surface area contributed by atoms with E-state index in [2.05, 4.69) is 20.3 Å². The van der Waals surface area contributed by atoms with Crippen LogP contribution in [0.3, 0.4) is 0 Å². The van der Waals surface area contributed by atoms with Gasteiger partial charge in [0.25, 0.3) is 5.91 Å². The third-order valence-corrected chi connectivity index (χ3v) is 5.08. The van der Waals surface area contributed by atoms with Crippen molar-refractivity contribution in [3.8, 4) is 0 Å². The predicted molar refractivity (Wildman–Crippen MR) is 115 cm³/mol. The number of hydrogen-bond acceptors (Lipinski definition) is 8. The largest absolute Gasteiger partial charge is 0.348 e. The van der Waals surface area contributed by atoms with E-state index in [1.54, 1.807) is 31.1 Å². The van der Waals surface area contributed by atoms with Crippen LogP contribution in [0.2, 0.25) is 0 Å². The van der Waals surface area contributed by atoms with Gasteiger partial charge in [-0.1, -0.05) is 0 Å². The number of aromatic amines is 1. The summed E-state index contributed by atoms with van der Waals surface area (Å²) in [5.74, 6) is -2.07. The van der Waals surface area contributed by atoms with Crippen molar-refractivity contribution < 1.29 is 19.2 Å². The minimum atomic E-state index is -1.12. The van der Waals surface area contributed by atoms with Crippen LogP contribution in [0.15, 0.2) is 18.9 Å². The molecule has 0 aliphatic rings. The van der Waals surface area contributed by atoms with Crippen LogP contribution in [0, 0.1) is 6.92 Å². The SMILES string of the molecule is Cc1ncn(C)c1C[C@@H](C=O)N(C(=O)[C@H](C)N)C(=O)[C@H](C)NC(=O)[C@@H](N)Cc1cnc[nH]1. The molecule has 2 heterocycles.